The second-order valence-electron chi connectivity index (χ2n) is 4.66. The lowest BCUT2D eigenvalue weighted by Crippen LogP contribution is -2.37. The maximum absolute atomic E-state index is 11.9. The van der Waals surface area contributed by atoms with Gasteiger partial charge in [0, 0.05) is 0 Å². The van der Waals surface area contributed by atoms with Crippen molar-refractivity contribution in [3.63, 3.8) is 0 Å². The third-order valence-corrected chi connectivity index (χ3v) is 3.86. The molecule has 84 valence electrons. The van der Waals surface area contributed by atoms with Crippen LogP contribution in [0.4, 0.5) is 0 Å². The van der Waals surface area contributed by atoms with Crippen LogP contribution in [0.1, 0.15) is 6.42 Å². The van der Waals surface area contributed by atoms with E-state index in [0.717, 1.165) is 11.3 Å². The van der Waals surface area contributed by atoms with Crippen LogP contribution in [-0.4, -0.2) is 34.3 Å². The van der Waals surface area contributed by atoms with Crippen LogP contribution in [0.25, 0.3) is 0 Å². The highest BCUT2D eigenvalue weighted by molar-refractivity contribution is 6.08. The Morgan fingerprint density at radius 1 is 1.25 bits per heavy atom. The Kier molecular flexibility index (Phi) is 1.75. The summed E-state index contributed by atoms with van der Waals surface area (Å²) >= 11 is 0. The molecule has 1 N–H and O–H groups in total. The van der Waals surface area contributed by atoms with Gasteiger partial charge in [-0.1, -0.05) is 12.2 Å². The van der Waals surface area contributed by atoms with Crippen LogP contribution in [0.3, 0.4) is 0 Å². The molecule has 1 heterocycles. The summed E-state index contributed by atoms with van der Waals surface area (Å²) in [5.74, 6) is -2.02. The van der Waals surface area contributed by atoms with Gasteiger partial charge < -0.3 is 5.11 Å². The van der Waals surface area contributed by atoms with E-state index in [1.807, 2.05) is 12.2 Å². The average molecular weight is 221 g/mol. The number of rotatable bonds is 2. The summed E-state index contributed by atoms with van der Waals surface area (Å²) in [5, 5.41) is 8.66. The minimum atomic E-state index is -1.14. The second kappa shape index (κ2) is 2.93. The summed E-state index contributed by atoms with van der Waals surface area (Å²) in [7, 11) is 0. The second-order valence-corrected chi connectivity index (χ2v) is 4.66. The lowest BCUT2D eigenvalue weighted by atomic mass is 9.85. The third kappa shape index (κ3) is 1.03. The number of carbonyl (C=O) groups excluding carboxylic acids is 2. The maximum atomic E-state index is 11.9. The number of carboxylic acids is 1. The Labute approximate surface area is 91.7 Å². The van der Waals surface area contributed by atoms with Crippen LogP contribution in [0, 0.1) is 23.7 Å². The lowest BCUT2D eigenvalue weighted by molar-refractivity contribution is -0.149. The molecule has 0 spiro atoms. The molecule has 3 rings (SSSR count). The Morgan fingerprint density at radius 2 is 1.75 bits per heavy atom. The number of amides is 2. The number of hydrogen-bond acceptors (Lipinski definition) is 3. The molecule has 3 aliphatic rings. The molecule has 1 aliphatic heterocycles. The smallest absolute Gasteiger partial charge is 0.323 e. The Hall–Kier alpha value is -1.65. The van der Waals surface area contributed by atoms with Crippen molar-refractivity contribution in [3.05, 3.63) is 12.2 Å². The molecule has 16 heavy (non-hydrogen) atoms. The summed E-state index contributed by atoms with van der Waals surface area (Å²) in [6.07, 6.45) is 4.84. The van der Waals surface area contributed by atoms with Crippen LogP contribution in [0.5, 0.6) is 0 Å². The monoisotopic (exact) mass is 221 g/mol. The molecular formula is C11H11NO4. The Bertz CT molecular complexity index is 398. The molecule has 2 bridgehead atoms. The number of fused-ring (bicyclic) bond motifs is 5. The van der Waals surface area contributed by atoms with Crippen LogP contribution in [-0.2, 0) is 14.4 Å². The molecule has 1 saturated carbocycles. The van der Waals surface area contributed by atoms with Gasteiger partial charge in [-0.15, -0.1) is 0 Å². The molecule has 2 fully saturated rings. The van der Waals surface area contributed by atoms with Crippen molar-refractivity contribution < 1.29 is 19.5 Å². The number of allylic oxidation sites excluding steroid dienone is 2. The summed E-state index contributed by atoms with van der Waals surface area (Å²) in [6.45, 7) is -0.496. The molecule has 0 aromatic carbocycles. The molecular weight excluding hydrogens is 210 g/mol. The first-order valence-corrected chi connectivity index (χ1v) is 5.35. The highest BCUT2D eigenvalue weighted by Gasteiger charge is 2.59. The number of carboxylic acid groups (broad SMARTS) is 1. The van der Waals surface area contributed by atoms with E-state index in [-0.39, 0.29) is 35.5 Å². The molecule has 0 aromatic rings. The zero-order valence-electron chi connectivity index (χ0n) is 8.50. The van der Waals surface area contributed by atoms with Crippen molar-refractivity contribution in [1.82, 2.24) is 4.90 Å². The van der Waals surface area contributed by atoms with Crippen LogP contribution < -0.4 is 0 Å². The van der Waals surface area contributed by atoms with E-state index in [1.165, 1.54) is 0 Å². The van der Waals surface area contributed by atoms with Gasteiger partial charge in [0.2, 0.25) is 11.8 Å². The number of aliphatic carboxylic acids is 1. The summed E-state index contributed by atoms with van der Waals surface area (Å²) in [5.41, 5.74) is 0. The van der Waals surface area contributed by atoms with Gasteiger partial charge >= 0.3 is 5.97 Å². The normalized spacial score (nSPS) is 39.6. The van der Waals surface area contributed by atoms with Crippen molar-refractivity contribution in [2.24, 2.45) is 23.7 Å². The van der Waals surface area contributed by atoms with Gasteiger partial charge in [-0.3, -0.25) is 19.3 Å². The van der Waals surface area contributed by atoms with Gasteiger partial charge in [0.1, 0.15) is 6.54 Å². The number of carbonyl (C=O) groups is 3. The van der Waals surface area contributed by atoms with E-state index >= 15 is 0 Å². The lowest BCUT2D eigenvalue weighted by Gasteiger charge is -2.14. The summed E-state index contributed by atoms with van der Waals surface area (Å²) in [4.78, 5) is 35.4. The number of imide groups is 1. The molecule has 5 nitrogen and oxygen atoms in total. The zero-order valence-corrected chi connectivity index (χ0v) is 8.50. The highest BCUT2D eigenvalue weighted by atomic mass is 16.4. The zero-order chi connectivity index (χ0) is 11.4. The molecule has 4 atom stereocenters. The van der Waals surface area contributed by atoms with Crippen molar-refractivity contribution >= 4 is 17.8 Å². The fourth-order valence-corrected chi connectivity index (χ4v) is 3.26. The number of nitrogens with zero attached hydrogens (tertiary/aromatic N) is 1. The van der Waals surface area contributed by atoms with Crippen molar-refractivity contribution in [2.45, 2.75) is 6.42 Å². The minimum Gasteiger partial charge on any atom is -0.480 e. The summed E-state index contributed by atoms with van der Waals surface area (Å²) < 4.78 is 0. The highest BCUT2D eigenvalue weighted by Crippen LogP contribution is 2.52. The van der Waals surface area contributed by atoms with Crippen molar-refractivity contribution in [2.75, 3.05) is 6.54 Å². The van der Waals surface area contributed by atoms with Crippen molar-refractivity contribution in [1.29, 1.82) is 0 Å². The first-order valence-electron chi connectivity index (χ1n) is 5.35. The molecule has 2 amide bonds. The van der Waals surface area contributed by atoms with Crippen molar-refractivity contribution in [3.8, 4) is 0 Å². The topological polar surface area (TPSA) is 74.7 Å². The van der Waals surface area contributed by atoms with Gasteiger partial charge in [0.25, 0.3) is 0 Å². The molecule has 0 aromatic heterocycles. The van der Waals surface area contributed by atoms with E-state index in [2.05, 4.69) is 0 Å². The maximum Gasteiger partial charge on any atom is 0.323 e. The quantitative estimate of drug-likeness (QED) is 0.521. The molecule has 0 unspecified atom stereocenters. The first-order chi connectivity index (χ1) is 7.59. The fraction of sp³-hybridized carbons (Fsp3) is 0.545. The number of likely N-dealkylation sites (tertiary alicyclic amines) is 1. The van der Waals surface area contributed by atoms with Crippen LogP contribution >= 0.6 is 0 Å². The van der Waals surface area contributed by atoms with Crippen LogP contribution in [0.15, 0.2) is 12.2 Å². The molecule has 1 saturated heterocycles. The Balaban J connectivity index is 1.91. The van der Waals surface area contributed by atoms with E-state index in [0.29, 0.717) is 0 Å². The van der Waals surface area contributed by atoms with Gasteiger partial charge in [0.05, 0.1) is 11.8 Å². The molecule has 0 radical (unpaired) electrons. The van der Waals surface area contributed by atoms with Gasteiger partial charge in [-0.05, 0) is 18.3 Å². The third-order valence-electron chi connectivity index (χ3n) is 3.86. The van der Waals surface area contributed by atoms with E-state index in [1.54, 1.807) is 0 Å². The largest absolute Gasteiger partial charge is 0.480 e. The SMILES string of the molecule is O=C(O)CN1C(=O)[C@H]2[C@H](C1=O)[C@H]1C=C[C@@H]2C1. The van der Waals surface area contributed by atoms with E-state index in [4.69, 9.17) is 5.11 Å². The molecule has 5 heteroatoms. The number of hydrogen-bond donors (Lipinski definition) is 1. The van der Waals surface area contributed by atoms with Gasteiger partial charge in [0.15, 0.2) is 0 Å². The van der Waals surface area contributed by atoms with E-state index < -0.39 is 12.5 Å². The average Bonchev–Trinajstić information content (AvgIpc) is 2.87. The Morgan fingerprint density at radius 3 is 2.19 bits per heavy atom. The fourth-order valence-electron chi connectivity index (χ4n) is 3.26. The standard InChI is InChI=1S/C11H11NO4/c13-7(14)4-12-10(15)8-5-1-2-6(3-5)9(8)11(12)16/h1-2,5-6,8-9H,3-4H2,(H,13,14)/t5-,6+,8-,9-/m1/s1. The van der Waals surface area contributed by atoms with Crippen LogP contribution in [0.2, 0.25) is 0 Å². The van der Waals surface area contributed by atoms with Gasteiger partial charge in [-0.25, -0.2) is 0 Å². The molecule has 2 aliphatic carbocycles. The first kappa shape index (κ1) is 9.57. The minimum absolute atomic E-state index is 0.144. The van der Waals surface area contributed by atoms with Gasteiger partial charge in [-0.2, -0.15) is 0 Å². The predicted molar refractivity (Wildman–Crippen MR) is 52.1 cm³/mol. The summed E-state index contributed by atoms with van der Waals surface area (Å²) in [6, 6.07) is 0. The van der Waals surface area contributed by atoms with E-state index in [9.17, 15) is 14.4 Å². The predicted octanol–water partition coefficient (Wildman–Crippen LogP) is -0.122.